The van der Waals surface area contributed by atoms with Crippen molar-refractivity contribution in [1.82, 2.24) is 14.3 Å². The van der Waals surface area contributed by atoms with Gasteiger partial charge in [0, 0.05) is 20.1 Å². The van der Waals surface area contributed by atoms with Crippen LogP contribution in [-0.4, -0.2) is 48.9 Å². The molecule has 32 heavy (non-hydrogen) atoms. The van der Waals surface area contributed by atoms with Crippen LogP contribution >= 0.6 is 0 Å². The Hall–Kier alpha value is -3.01. The third-order valence-electron chi connectivity index (χ3n) is 5.79. The molecule has 3 heterocycles. The van der Waals surface area contributed by atoms with E-state index in [1.165, 1.54) is 10.6 Å². The number of hydrogen-bond donors (Lipinski definition) is 1. The summed E-state index contributed by atoms with van der Waals surface area (Å²) in [6.07, 6.45) is 0.734. The molecule has 5 rings (SSSR count). The van der Waals surface area contributed by atoms with E-state index in [2.05, 4.69) is 15.3 Å². The summed E-state index contributed by atoms with van der Waals surface area (Å²) in [5.74, 6) is 1.18. The largest absolute Gasteiger partial charge is 0.368 e. The maximum atomic E-state index is 13.5. The molecule has 3 aromatic rings. The molecule has 1 saturated heterocycles. The van der Waals surface area contributed by atoms with Gasteiger partial charge in [0.1, 0.15) is 18.0 Å². The number of benzene rings is 2. The minimum absolute atomic E-state index is 0.0809. The van der Waals surface area contributed by atoms with Crippen LogP contribution in [0.25, 0.3) is 0 Å². The zero-order valence-corrected chi connectivity index (χ0v) is 18.6. The molecular formula is C23H25N5O3S. The number of sulfonamides is 1. The standard InChI is InChI=1S/C23H25N5O3S/c1-27(13-17-8-4-2-5-9-17)22-20-21(25-16-26-22)24-12-19-14-31-23(20)28(19)32(29,30)15-18-10-6-3-7-11-18/h2-11,16,19,23H,12-15H2,1H3,(H,24,25,26)/t19-,23-/m0/s1. The molecular weight excluding hydrogens is 426 g/mol. The van der Waals surface area contributed by atoms with Crippen LogP contribution in [0.2, 0.25) is 0 Å². The second-order valence-corrected chi connectivity index (χ2v) is 9.97. The van der Waals surface area contributed by atoms with E-state index < -0.39 is 16.3 Å². The second-order valence-electron chi connectivity index (χ2n) is 8.09. The van der Waals surface area contributed by atoms with Crippen molar-refractivity contribution >= 4 is 21.7 Å². The van der Waals surface area contributed by atoms with Crippen LogP contribution < -0.4 is 10.2 Å². The fraction of sp³-hybridized carbons (Fsp3) is 0.304. The topological polar surface area (TPSA) is 87.7 Å². The highest BCUT2D eigenvalue weighted by Gasteiger charge is 2.47. The molecule has 1 N–H and O–H groups in total. The van der Waals surface area contributed by atoms with Gasteiger partial charge in [0.2, 0.25) is 10.0 Å². The summed E-state index contributed by atoms with van der Waals surface area (Å²) in [6, 6.07) is 19.0. The Morgan fingerprint density at radius 1 is 1.06 bits per heavy atom. The first-order valence-electron chi connectivity index (χ1n) is 10.5. The van der Waals surface area contributed by atoms with Crippen LogP contribution in [-0.2, 0) is 27.1 Å². The number of hydrogen-bond acceptors (Lipinski definition) is 7. The van der Waals surface area contributed by atoms with Crippen LogP contribution in [0.1, 0.15) is 22.9 Å². The summed E-state index contributed by atoms with van der Waals surface area (Å²) < 4.78 is 34.6. The average molecular weight is 452 g/mol. The van der Waals surface area contributed by atoms with E-state index >= 15 is 0 Å². The maximum Gasteiger partial charge on any atom is 0.221 e. The van der Waals surface area contributed by atoms with Gasteiger partial charge in [-0.05, 0) is 11.1 Å². The second kappa shape index (κ2) is 8.50. The van der Waals surface area contributed by atoms with Gasteiger partial charge in [-0.25, -0.2) is 18.4 Å². The van der Waals surface area contributed by atoms with E-state index in [-0.39, 0.29) is 11.8 Å². The molecule has 0 radical (unpaired) electrons. The van der Waals surface area contributed by atoms with Crippen LogP contribution in [0.4, 0.5) is 11.6 Å². The van der Waals surface area contributed by atoms with Crippen LogP contribution in [0.15, 0.2) is 67.0 Å². The fourth-order valence-corrected chi connectivity index (χ4v) is 6.15. The normalized spacial score (nSPS) is 20.3. The molecule has 0 aliphatic carbocycles. The molecule has 9 heteroatoms. The Bertz CT molecular complexity index is 1190. The number of anilines is 2. The third kappa shape index (κ3) is 3.94. The van der Waals surface area contributed by atoms with Gasteiger partial charge in [0.15, 0.2) is 6.23 Å². The third-order valence-corrected chi connectivity index (χ3v) is 7.62. The van der Waals surface area contributed by atoms with Crippen molar-refractivity contribution in [2.75, 3.05) is 30.4 Å². The molecule has 0 spiro atoms. The lowest BCUT2D eigenvalue weighted by Crippen LogP contribution is -2.41. The Labute approximate surface area is 187 Å². The van der Waals surface area contributed by atoms with Gasteiger partial charge in [-0.3, -0.25) is 0 Å². The van der Waals surface area contributed by atoms with E-state index in [1.807, 2.05) is 72.6 Å². The number of nitrogens with zero attached hydrogens (tertiary/aromatic N) is 4. The van der Waals surface area contributed by atoms with Gasteiger partial charge in [0.25, 0.3) is 0 Å². The first-order chi connectivity index (χ1) is 15.5. The minimum atomic E-state index is -3.65. The molecule has 0 unspecified atom stereocenters. The van der Waals surface area contributed by atoms with E-state index in [0.717, 1.165) is 11.1 Å². The molecule has 1 aromatic heterocycles. The molecule has 2 bridgehead atoms. The average Bonchev–Trinajstić information content (AvgIpc) is 3.14. The zero-order chi connectivity index (χ0) is 22.1. The number of nitrogens with one attached hydrogen (secondary N) is 1. The molecule has 2 aliphatic heterocycles. The van der Waals surface area contributed by atoms with E-state index in [9.17, 15) is 8.42 Å². The molecule has 2 atom stereocenters. The van der Waals surface area contributed by atoms with Gasteiger partial charge in [-0.15, -0.1) is 0 Å². The fourth-order valence-electron chi connectivity index (χ4n) is 4.34. The smallest absolute Gasteiger partial charge is 0.221 e. The van der Waals surface area contributed by atoms with Gasteiger partial charge >= 0.3 is 0 Å². The minimum Gasteiger partial charge on any atom is -0.368 e. The van der Waals surface area contributed by atoms with Gasteiger partial charge < -0.3 is 15.0 Å². The predicted octanol–water partition coefficient (Wildman–Crippen LogP) is 2.77. The molecule has 0 saturated carbocycles. The highest BCUT2D eigenvalue weighted by atomic mass is 32.2. The molecule has 0 amide bonds. The predicted molar refractivity (Wildman–Crippen MR) is 122 cm³/mol. The molecule has 166 valence electrons. The summed E-state index contributed by atoms with van der Waals surface area (Å²) in [7, 11) is -1.71. The van der Waals surface area contributed by atoms with Crippen molar-refractivity contribution < 1.29 is 13.2 Å². The van der Waals surface area contributed by atoms with Gasteiger partial charge in [-0.2, -0.15) is 4.31 Å². The first kappa shape index (κ1) is 20.9. The number of fused-ring (bicyclic) bond motifs is 4. The van der Waals surface area contributed by atoms with Crippen molar-refractivity contribution in [2.45, 2.75) is 24.6 Å². The van der Waals surface area contributed by atoms with Crippen molar-refractivity contribution in [3.8, 4) is 0 Å². The number of rotatable bonds is 6. The lowest BCUT2D eigenvalue weighted by atomic mass is 10.2. The molecule has 8 nitrogen and oxygen atoms in total. The molecule has 1 fully saturated rings. The number of ether oxygens (including phenoxy) is 1. The van der Waals surface area contributed by atoms with Crippen molar-refractivity contribution in [3.63, 3.8) is 0 Å². The Morgan fingerprint density at radius 2 is 1.75 bits per heavy atom. The van der Waals surface area contributed by atoms with E-state index in [0.29, 0.717) is 36.9 Å². The van der Waals surface area contributed by atoms with Gasteiger partial charge in [-0.1, -0.05) is 60.7 Å². The number of aromatic nitrogens is 2. The van der Waals surface area contributed by atoms with Crippen molar-refractivity contribution in [1.29, 1.82) is 0 Å². The maximum absolute atomic E-state index is 13.5. The Morgan fingerprint density at radius 3 is 2.47 bits per heavy atom. The summed E-state index contributed by atoms with van der Waals surface area (Å²) in [4.78, 5) is 10.9. The Kier molecular flexibility index (Phi) is 5.54. The summed E-state index contributed by atoms with van der Waals surface area (Å²) in [5, 5.41) is 3.32. The lowest BCUT2D eigenvalue weighted by Gasteiger charge is -2.28. The monoisotopic (exact) mass is 451 g/mol. The first-order valence-corrected chi connectivity index (χ1v) is 12.1. The van der Waals surface area contributed by atoms with Crippen LogP contribution in [0, 0.1) is 0 Å². The van der Waals surface area contributed by atoms with E-state index in [1.54, 1.807) is 0 Å². The van der Waals surface area contributed by atoms with E-state index in [4.69, 9.17) is 4.74 Å². The highest BCUT2D eigenvalue weighted by Crippen LogP contribution is 2.43. The Balaban J connectivity index is 1.51. The van der Waals surface area contributed by atoms with Crippen LogP contribution in [0.3, 0.4) is 0 Å². The SMILES string of the molecule is CN(Cc1ccccc1)c1ncnc2c1[C@@H]1OC[C@H](CN2)N1S(=O)(=O)Cc1ccccc1. The molecule has 2 aromatic carbocycles. The lowest BCUT2D eigenvalue weighted by molar-refractivity contribution is 0.0687. The van der Waals surface area contributed by atoms with Crippen LogP contribution in [0.5, 0.6) is 0 Å². The quantitative estimate of drug-likeness (QED) is 0.617. The zero-order valence-electron chi connectivity index (χ0n) is 17.8. The molecule has 2 aliphatic rings. The summed E-state index contributed by atoms with van der Waals surface area (Å²) >= 11 is 0. The van der Waals surface area contributed by atoms with Crippen molar-refractivity contribution in [3.05, 3.63) is 83.7 Å². The highest BCUT2D eigenvalue weighted by molar-refractivity contribution is 7.88. The summed E-state index contributed by atoms with van der Waals surface area (Å²) in [6.45, 7) is 1.37. The summed E-state index contributed by atoms with van der Waals surface area (Å²) in [5.41, 5.74) is 2.53. The van der Waals surface area contributed by atoms with Crippen molar-refractivity contribution in [2.24, 2.45) is 0 Å². The van der Waals surface area contributed by atoms with Gasteiger partial charge in [0.05, 0.1) is 24.0 Å².